The van der Waals surface area contributed by atoms with Gasteiger partial charge < -0.3 is 5.11 Å². The first-order valence-corrected chi connectivity index (χ1v) is 12.9. The predicted molar refractivity (Wildman–Crippen MR) is 122 cm³/mol. The summed E-state index contributed by atoms with van der Waals surface area (Å²) in [5, 5.41) is 9.90. The average molecular weight is 432 g/mol. The van der Waals surface area contributed by atoms with Crippen LogP contribution in [0.1, 0.15) is 128 Å². The lowest BCUT2D eigenvalue weighted by Crippen LogP contribution is -1.84. The van der Waals surface area contributed by atoms with Crippen molar-refractivity contribution in [2.75, 3.05) is 11.9 Å². The van der Waals surface area contributed by atoms with E-state index in [1.165, 1.54) is 127 Å². The number of hydrogen-bond donors (Lipinski definition) is 1. The molecule has 0 saturated carbocycles. The van der Waals surface area contributed by atoms with Crippen LogP contribution < -0.4 is 0 Å². The zero-order valence-electron chi connectivity index (χ0n) is 17.5. The van der Waals surface area contributed by atoms with Crippen molar-refractivity contribution in [1.29, 1.82) is 0 Å². The minimum Gasteiger partial charge on any atom is -0.396 e. The molecule has 1 nitrogen and oxygen atoms in total. The van der Waals surface area contributed by atoms with Crippen molar-refractivity contribution >= 4 is 15.9 Å². The van der Waals surface area contributed by atoms with E-state index in [1.807, 2.05) is 0 Å². The van der Waals surface area contributed by atoms with E-state index < -0.39 is 0 Å². The maximum absolute atomic E-state index is 8.73. The second-order valence-corrected chi connectivity index (χ2v) is 8.62. The smallest absolute Gasteiger partial charge is 0.0431 e. The topological polar surface area (TPSA) is 20.2 Å². The van der Waals surface area contributed by atoms with Gasteiger partial charge in [0.1, 0.15) is 0 Å². The lowest BCUT2D eigenvalue weighted by molar-refractivity contribution is 0.282. The molecule has 0 unspecified atom stereocenters. The molecule has 1 N–H and O–H groups in total. The molecule has 0 fully saturated rings. The van der Waals surface area contributed by atoms with Crippen molar-refractivity contribution in [3.05, 3.63) is 12.2 Å². The number of aliphatic hydroxyl groups excluding tert-OH is 1. The summed E-state index contributed by atoms with van der Waals surface area (Å²) in [6.45, 7) is 0.367. The second kappa shape index (κ2) is 25.2. The molecule has 156 valence electrons. The Labute approximate surface area is 173 Å². The van der Waals surface area contributed by atoms with E-state index in [0.717, 1.165) is 6.42 Å². The SMILES string of the molecule is OCCCCCCCCCCCC=CCCCCCCCCCCCBr. The summed E-state index contributed by atoms with van der Waals surface area (Å²) < 4.78 is 0. The van der Waals surface area contributed by atoms with Crippen LogP contribution in [0.15, 0.2) is 12.2 Å². The summed E-state index contributed by atoms with van der Waals surface area (Å²) in [5.74, 6) is 0. The fourth-order valence-electron chi connectivity index (χ4n) is 3.44. The standard InChI is InChI=1S/C24H47BrO/c25-23-21-19-17-15-13-11-9-7-5-3-1-2-4-6-8-10-12-14-16-18-20-22-24-26/h1-2,26H,3-24H2. The van der Waals surface area contributed by atoms with Crippen LogP contribution >= 0.6 is 15.9 Å². The van der Waals surface area contributed by atoms with Crippen molar-refractivity contribution in [2.45, 2.75) is 128 Å². The summed E-state index contributed by atoms with van der Waals surface area (Å²) in [4.78, 5) is 0. The molecule has 0 rings (SSSR count). The van der Waals surface area contributed by atoms with Crippen LogP contribution in [-0.2, 0) is 0 Å². The van der Waals surface area contributed by atoms with Crippen LogP contribution in [0.3, 0.4) is 0 Å². The van der Waals surface area contributed by atoms with Gasteiger partial charge in [0.15, 0.2) is 0 Å². The number of allylic oxidation sites excluding steroid dienone is 2. The summed E-state index contributed by atoms with van der Waals surface area (Å²) >= 11 is 3.50. The van der Waals surface area contributed by atoms with E-state index in [4.69, 9.17) is 5.11 Å². The monoisotopic (exact) mass is 430 g/mol. The number of halogens is 1. The van der Waals surface area contributed by atoms with Gasteiger partial charge >= 0.3 is 0 Å². The van der Waals surface area contributed by atoms with E-state index in [-0.39, 0.29) is 0 Å². The zero-order valence-corrected chi connectivity index (χ0v) is 19.1. The van der Waals surface area contributed by atoms with Crippen molar-refractivity contribution < 1.29 is 5.11 Å². The largest absolute Gasteiger partial charge is 0.396 e. The van der Waals surface area contributed by atoms with Crippen LogP contribution in [0.4, 0.5) is 0 Å². The molecule has 0 radical (unpaired) electrons. The molecule has 0 aliphatic carbocycles. The fraction of sp³-hybridized carbons (Fsp3) is 0.917. The van der Waals surface area contributed by atoms with Gasteiger partial charge in [0.2, 0.25) is 0 Å². The minimum absolute atomic E-state index is 0.367. The predicted octanol–water partition coefficient (Wildman–Crippen LogP) is 8.73. The summed E-state index contributed by atoms with van der Waals surface area (Å²) in [6, 6.07) is 0. The highest BCUT2D eigenvalue weighted by molar-refractivity contribution is 9.09. The lowest BCUT2D eigenvalue weighted by Gasteiger charge is -2.01. The van der Waals surface area contributed by atoms with Crippen LogP contribution in [0.5, 0.6) is 0 Å². The number of unbranched alkanes of at least 4 members (excludes halogenated alkanes) is 18. The number of aliphatic hydroxyl groups is 1. The maximum atomic E-state index is 8.73. The van der Waals surface area contributed by atoms with E-state index >= 15 is 0 Å². The van der Waals surface area contributed by atoms with Crippen molar-refractivity contribution in [1.82, 2.24) is 0 Å². The van der Waals surface area contributed by atoms with Gasteiger partial charge in [-0.15, -0.1) is 0 Å². The van der Waals surface area contributed by atoms with Gasteiger partial charge in [-0.25, -0.2) is 0 Å². The average Bonchev–Trinajstić information content (AvgIpc) is 2.66. The van der Waals surface area contributed by atoms with E-state index in [2.05, 4.69) is 28.1 Å². The van der Waals surface area contributed by atoms with E-state index in [1.54, 1.807) is 0 Å². The quantitative estimate of drug-likeness (QED) is 0.103. The van der Waals surface area contributed by atoms with Gasteiger partial charge in [0.25, 0.3) is 0 Å². The molecule has 0 aromatic heterocycles. The fourth-order valence-corrected chi connectivity index (χ4v) is 3.84. The molecule has 0 aliphatic rings. The molecule has 0 aromatic carbocycles. The van der Waals surface area contributed by atoms with Gasteiger partial charge in [-0.2, -0.15) is 0 Å². The Bertz CT molecular complexity index is 239. The van der Waals surface area contributed by atoms with Gasteiger partial charge in [0.05, 0.1) is 0 Å². The lowest BCUT2D eigenvalue weighted by atomic mass is 10.1. The highest BCUT2D eigenvalue weighted by Gasteiger charge is 1.93. The molecule has 0 aromatic rings. The number of alkyl halides is 1. The summed E-state index contributed by atoms with van der Waals surface area (Å²) in [6.07, 6.45) is 32.0. The highest BCUT2D eigenvalue weighted by Crippen LogP contribution is 2.12. The Morgan fingerprint density at radius 2 is 0.731 bits per heavy atom. The number of rotatable bonds is 22. The second-order valence-electron chi connectivity index (χ2n) is 7.83. The Balaban J connectivity index is 3.04. The first-order chi connectivity index (χ1) is 12.9. The van der Waals surface area contributed by atoms with Crippen LogP contribution in [0.25, 0.3) is 0 Å². The van der Waals surface area contributed by atoms with Crippen molar-refractivity contribution in [3.63, 3.8) is 0 Å². The third-order valence-corrected chi connectivity index (χ3v) is 5.76. The molecule has 0 heterocycles. The minimum atomic E-state index is 0.367. The van der Waals surface area contributed by atoms with E-state index in [9.17, 15) is 0 Å². The van der Waals surface area contributed by atoms with Crippen LogP contribution in [0, 0.1) is 0 Å². The zero-order chi connectivity index (χ0) is 19.0. The number of hydrogen-bond acceptors (Lipinski definition) is 1. The van der Waals surface area contributed by atoms with Gasteiger partial charge in [-0.05, 0) is 38.5 Å². The summed E-state index contributed by atoms with van der Waals surface area (Å²) in [7, 11) is 0. The first-order valence-electron chi connectivity index (χ1n) is 11.7. The molecule has 0 spiro atoms. The van der Waals surface area contributed by atoms with Gasteiger partial charge in [-0.1, -0.05) is 118 Å². The Hall–Kier alpha value is 0.180. The normalized spacial score (nSPS) is 11.6. The molecule has 0 atom stereocenters. The third-order valence-electron chi connectivity index (χ3n) is 5.20. The van der Waals surface area contributed by atoms with Crippen molar-refractivity contribution in [3.8, 4) is 0 Å². The van der Waals surface area contributed by atoms with E-state index in [0.29, 0.717) is 6.61 Å². The molecule has 2 heteroatoms. The Morgan fingerprint density at radius 3 is 1.08 bits per heavy atom. The molecule has 0 aliphatic heterocycles. The summed E-state index contributed by atoms with van der Waals surface area (Å²) in [5.41, 5.74) is 0. The Kier molecular flexibility index (Phi) is 25.4. The molecule has 0 amide bonds. The molecular weight excluding hydrogens is 384 g/mol. The molecular formula is C24H47BrO. The molecule has 0 saturated heterocycles. The maximum Gasteiger partial charge on any atom is 0.0431 e. The highest BCUT2D eigenvalue weighted by atomic mass is 79.9. The van der Waals surface area contributed by atoms with Gasteiger partial charge in [0, 0.05) is 11.9 Å². The molecule has 26 heavy (non-hydrogen) atoms. The van der Waals surface area contributed by atoms with Crippen LogP contribution in [0.2, 0.25) is 0 Å². The molecule has 0 bridgehead atoms. The van der Waals surface area contributed by atoms with Crippen LogP contribution in [-0.4, -0.2) is 17.0 Å². The van der Waals surface area contributed by atoms with Crippen molar-refractivity contribution in [2.24, 2.45) is 0 Å². The first kappa shape index (κ1) is 26.2. The third kappa shape index (κ3) is 24.2. The Morgan fingerprint density at radius 1 is 0.423 bits per heavy atom. The van der Waals surface area contributed by atoms with Gasteiger partial charge in [-0.3, -0.25) is 0 Å².